The van der Waals surface area contributed by atoms with Crippen molar-refractivity contribution in [1.82, 2.24) is 5.32 Å². The summed E-state index contributed by atoms with van der Waals surface area (Å²) in [7, 11) is 0. The lowest BCUT2D eigenvalue weighted by Crippen LogP contribution is -2.22. The van der Waals surface area contributed by atoms with Gasteiger partial charge < -0.3 is 10.1 Å². The van der Waals surface area contributed by atoms with Crippen LogP contribution in [0.4, 0.5) is 0 Å². The fourth-order valence-electron chi connectivity index (χ4n) is 2.43. The van der Waals surface area contributed by atoms with Gasteiger partial charge in [-0.1, -0.05) is 61.9 Å². The molecule has 2 aromatic carbocycles. The van der Waals surface area contributed by atoms with Crippen molar-refractivity contribution < 1.29 is 4.74 Å². The van der Waals surface area contributed by atoms with Crippen LogP contribution in [0.25, 0.3) is 0 Å². The van der Waals surface area contributed by atoms with E-state index < -0.39 is 0 Å². The summed E-state index contributed by atoms with van der Waals surface area (Å²) in [6, 6.07) is 17.2. The first kappa shape index (κ1) is 15.6. The van der Waals surface area contributed by atoms with Gasteiger partial charge in [0.25, 0.3) is 0 Å². The van der Waals surface area contributed by atoms with Crippen LogP contribution in [0.2, 0.25) is 0 Å². The molecule has 1 unspecified atom stereocenters. The molecule has 0 fully saturated rings. The van der Waals surface area contributed by atoms with Crippen molar-refractivity contribution in [2.24, 2.45) is 0 Å². The van der Waals surface area contributed by atoms with E-state index in [1.807, 2.05) is 6.07 Å². The van der Waals surface area contributed by atoms with Crippen molar-refractivity contribution in [1.29, 1.82) is 0 Å². The second-order valence-electron chi connectivity index (χ2n) is 5.29. The molecule has 0 amide bonds. The van der Waals surface area contributed by atoms with E-state index in [9.17, 15) is 0 Å². The summed E-state index contributed by atoms with van der Waals surface area (Å²) in [5.41, 5.74) is 3.76. The van der Waals surface area contributed by atoms with Crippen LogP contribution >= 0.6 is 0 Å². The Balaban J connectivity index is 2.35. The molecule has 0 aliphatic carbocycles. The third kappa shape index (κ3) is 4.08. The zero-order valence-electron chi connectivity index (χ0n) is 13.2. The lowest BCUT2D eigenvalue weighted by molar-refractivity contribution is 0.312. The molecule has 0 heterocycles. The van der Waals surface area contributed by atoms with Gasteiger partial charge in [0.15, 0.2) is 0 Å². The number of para-hydroxylation sites is 1. The van der Waals surface area contributed by atoms with Crippen LogP contribution in [0, 0.1) is 6.92 Å². The second-order valence-corrected chi connectivity index (χ2v) is 5.29. The fourth-order valence-corrected chi connectivity index (χ4v) is 2.43. The Hall–Kier alpha value is -1.80. The molecule has 0 aromatic heterocycles. The number of hydrogen-bond acceptors (Lipinski definition) is 2. The maximum Gasteiger partial charge on any atom is 0.124 e. The van der Waals surface area contributed by atoms with Crippen molar-refractivity contribution in [3.05, 3.63) is 65.2 Å². The fraction of sp³-hybridized carbons (Fsp3) is 0.368. The molecule has 0 saturated heterocycles. The van der Waals surface area contributed by atoms with Crippen LogP contribution in [0.3, 0.4) is 0 Å². The summed E-state index contributed by atoms with van der Waals surface area (Å²) in [6.45, 7) is 8.05. The third-order valence-corrected chi connectivity index (χ3v) is 3.51. The standard InChI is InChI=1S/C19H25NO/c1-4-14-21-18-9-7-6-8-17(18)19(20-5-2)16-12-10-15(3)11-13-16/h6-13,19-20H,4-5,14H2,1-3H3. The van der Waals surface area contributed by atoms with Crippen LogP contribution in [0.5, 0.6) is 5.75 Å². The molecule has 2 rings (SSSR count). The van der Waals surface area contributed by atoms with Gasteiger partial charge in [0.05, 0.1) is 12.6 Å². The molecule has 0 aliphatic rings. The van der Waals surface area contributed by atoms with Crippen LogP contribution in [-0.4, -0.2) is 13.2 Å². The van der Waals surface area contributed by atoms with Gasteiger partial charge in [0.2, 0.25) is 0 Å². The van der Waals surface area contributed by atoms with Gasteiger partial charge in [-0.2, -0.15) is 0 Å². The number of aryl methyl sites for hydroxylation is 1. The number of nitrogens with one attached hydrogen (secondary N) is 1. The summed E-state index contributed by atoms with van der Waals surface area (Å²) >= 11 is 0. The molecule has 1 N–H and O–H groups in total. The first-order chi connectivity index (χ1) is 10.3. The highest BCUT2D eigenvalue weighted by Crippen LogP contribution is 2.30. The topological polar surface area (TPSA) is 21.3 Å². The van der Waals surface area contributed by atoms with Crippen molar-refractivity contribution >= 4 is 0 Å². The van der Waals surface area contributed by atoms with Gasteiger partial charge in [-0.25, -0.2) is 0 Å². The highest BCUT2D eigenvalue weighted by atomic mass is 16.5. The second kappa shape index (κ2) is 7.84. The molecular formula is C19H25NO. The molecule has 0 aliphatic heterocycles. The van der Waals surface area contributed by atoms with Gasteiger partial charge >= 0.3 is 0 Å². The van der Waals surface area contributed by atoms with Gasteiger partial charge in [0, 0.05) is 5.56 Å². The van der Waals surface area contributed by atoms with Gasteiger partial charge in [-0.15, -0.1) is 0 Å². The first-order valence-corrected chi connectivity index (χ1v) is 7.78. The van der Waals surface area contributed by atoms with Crippen molar-refractivity contribution in [3.8, 4) is 5.75 Å². The monoisotopic (exact) mass is 283 g/mol. The lowest BCUT2D eigenvalue weighted by Gasteiger charge is -2.22. The van der Waals surface area contributed by atoms with Crippen LogP contribution in [0.15, 0.2) is 48.5 Å². The molecule has 2 nitrogen and oxygen atoms in total. The summed E-state index contributed by atoms with van der Waals surface area (Å²) in [5.74, 6) is 0.978. The van der Waals surface area contributed by atoms with Crippen LogP contribution in [-0.2, 0) is 0 Å². The van der Waals surface area contributed by atoms with Crippen LogP contribution < -0.4 is 10.1 Å². The average Bonchev–Trinajstić information content (AvgIpc) is 2.52. The third-order valence-electron chi connectivity index (χ3n) is 3.51. The molecule has 0 spiro atoms. The number of benzene rings is 2. The van der Waals surface area contributed by atoms with E-state index in [2.05, 4.69) is 68.6 Å². The lowest BCUT2D eigenvalue weighted by atomic mass is 9.97. The van der Waals surface area contributed by atoms with Crippen molar-refractivity contribution in [3.63, 3.8) is 0 Å². The van der Waals surface area contributed by atoms with E-state index in [0.717, 1.165) is 25.3 Å². The maximum atomic E-state index is 5.92. The SMILES string of the molecule is CCCOc1ccccc1C(NCC)c1ccc(C)cc1. The van der Waals surface area contributed by atoms with Crippen molar-refractivity contribution in [2.75, 3.05) is 13.2 Å². The molecule has 112 valence electrons. The van der Waals surface area contributed by atoms with E-state index in [4.69, 9.17) is 4.74 Å². The smallest absolute Gasteiger partial charge is 0.124 e. The number of rotatable bonds is 7. The summed E-state index contributed by atoms with van der Waals surface area (Å²) < 4.78 is 5.92. The Morgan fingerprint density at radius 1 is 1.00 bits per heavy atom. The average molecular weight is 283 g/mol. The predicted molar refractivity (Wildman–Crippen MR) is 88.9 cm³/mol. The minimum Gasteiger partial charge on any atom is -0.493 e. The predicted octanol–water partition coefficient (Wildman–Crippen LogP) is 4.48. The molecule has 0 saturated carbocycles. The number of hydrogen-bond donors (Lipinski definition) is 1. The Bertz CT molecular complexity index is 548. The van der Waals surface area contributed by atoms with E-state index in [-0.39, 0.29) is 6.04 Å². The number of ether oxygens (including phenoxy) is 1. The molecule has 21 heavy (non-hydrogen) atoms. The van der Waals surface area contributed by atoms with Gasteiger partial charge in [0.1, 0.15) is 5.75 Å². The molecule has 2 aromatic rings. The molecule has 2 heteroatoms. The van der Waals surface area contributed by atoms with Crippen LogP contribution in [0.1, 0.15) is 43.0 Å². The highest BCUT2D eigenvalue weighted by molar-refractivity contribution is 5.42. The molecule has 0 radical (unpaired) electrons. The van der Waals surface area contributed by atoms with E-state index in [1.54, 1.807) is 0 Å². The van der Waals surface area contributed by atoms with E-state index in [1.165, 1.54) is 16.7 Å². The Labute approximate surface area is 128 Å². The van der Waals surface area contributed by atoms with E-state index >= 15 is 0 Å². The summed E-state index contributed by atoms with van der Waals surface area (Å²) in [4.78, 5) is 0. The normalized spacial score (nSPS) is 12.1. The maximum absolute atomic E-state index is 5.92. The summed E-state index contributed by atoms with van der Waals surface area (Å²) in [5, 5.41) is 3.57. The summed E-state index contributed by atoms with van der Waals surface area (Å²) in [6.07, 6.45) is 1.02. The first-order valence-electron chi connectivity index (χ1n) is 7.78. The Morgan fingerprint density at radius 3 is 2.38 bits per heavy atom. The minimum absolute atomic E-state index is 0.170. The molecular weight excluding hydrogens is 258 g/mol. The minimum atomic E-state index is 0.170. The Morgan fingerprint density at radius 2 is 1.71 bits per heavy atom. The Kier molecular flexibility index (Phi) is 5.82. The largest absolute Gasteiger partial charge is 0.493 e. The highest BCUT2D eigenvalue weighted by Gasteiger charge is 2.17. The zero-order chi connectivity index (χ0) is 15.1. The quantitative estimate of drug-likeness (QED) is 0.808. The van der Waals surface area contributed by atoms with Gasteiger partial charge in [-0.3, -0.25) is 0 Å². The van der Waals surface area contributed by atoms with Gasteiger partial charge in [-0.05, 0) is 31.5 Å². The van der Waals surface area contributed by atoms with E-state index in [0.29, 0.717) is 0 Å². The molecule has 1 atom stereocenters. The molecule has 0 bridgehead atoms. The zero-order valence-corrected chi connectivity index (χ0v) is 13.2. The van der Waals surface area contributed by atoms with Crippen molar-refractivity contribution in [2.45, 2.75) is 33.2 Å².